The minimum absolute atomic E-state index is 0.0168. The number of hydrogen-bond donors (Lipinski definition) is 1. The van der Waals surface area contributed by atoms with Gasteiger partial charge in [0.15, 0.2) is 0 Å². The van der Waals surface area contributed by atoms with E-state index in [1.807, 2.05) is 0 Å². The van der Waals surface area contributed by atoms with Crippen LogP contribution in [0.25, 0.3) is 0 Å². The minimum Gasteiger partial charge on any atom is -0.388 e. The van der Waals surface area contributed by atoms with Crippen LogP contribution in [0.3, 0.4) is 0 Å². The molecule has 0 radical (unpaired) electrons. The molecule has 0 amide bonds. The molecule has 4 unspecified atom stereocenters. The van der Waals surface area contributed by atoms with Gasteiger partial charge in [-0.25, -0.2) is 0 Å². The Morgan fingerprint density at radius 3 is 2.40 bits per heavy atom. The third-order valence-electron chi connectivity index (χ3n) is 7.99. The minimum atomic E-state index is -4.40. The average Bonchev–Trinajstić information content (AvgIpc) is 3.09. The molecule has 1 N–H and O–H groups in total. The summed E-state index contributed by atoms with van der Waals surface area (Å²) >= 11 is 0. The van der Waals surface area contributed by atoms with Crippen LogP contribution in [0.15, 0.2) is 24.3 Å². The fraction of sp³-hybridized carbons (Fsp3) is 0.607. The molecule has 35 heavy (non-hydrogen) atoms. The van der Waals surface area contributed by atoms with Crippen LogP contribution in [-0.4, -0.2) is 23.3 Å². The zero-order chi connectivity index (χ0) is 25.3. The summed E-state index contributed by atoms with van der Waals surface area (Å²) in [5.74, 6) is 0.102. The van der Waals surface area contributed by atoms with E-state index in [1.54, 1.807) is 0 Å². The maximum Gasteiger partial charge on any atom is 0.416 e. The van der Waals surface area contributed by atoms with E-state index in [9.17, 15) is 18.3 Å². The summed E-state index contributed by atoms with van der Waals surface area (Å²) in [6, 6.07) is 5.27. The van der Waals surface area contributed by atoms with Crippen LogP contribution in [0.5, 0.6) is 0 Å². The van der Waals surface area contributed by atoms with Gasteiger partial charge < -0.3 is 14.6 Å². The lowest BCUT2D eigenvalue weighted by molar-refractivity contribution is -0.157. The Morgan fingerprint density at radius 2 is 1.80 bits per heavy atom. The number of rotatable bonds is 2. The Morgan fingerprint density at radius 1 is 1.11 bits per heavy atom. The maximum atomic E-state index is 13.3. The maximum absolute atomic E-state index is 13.3. The number of nitrogens with zero attached hydrogens (tertiary/aromatic N) is 1. The van der Waals surface area contributed by atoms with Crippen molar-refractivity contribution in [3.8, 4) is 0 Å². The highest BCUT2D eigenvalue weighted by Crippen LogP contribution is 2.59. The summed E-state index contributed by atoms with van der Waals surface area (Å²) in [6.45, 7) is 11.6. The van der Waals surface area contributed by atoms with E-state index in [2.05, 4.69) is 34.6 Å². The van der Waals surface area contributed by atoms with Crippen LogP contribution in [0.2, 0.25) is 0 Å². The summed E-state index contributed by atoms with van der Waals surface area (Å²) in [5.41, 5.74) is 3.86. The Balaban J connectivity index is 1.77. The number of aliphatic hydroxyl groups excluding tert-OH is 1. The van der Waals surface area contributed by atoms with E-state index in [0.29, 0.717) is 31.6 Å². The number of alkyl halides is 3. The third-order valence-corrected chi connectivity index (χ3v) is 7.99. The molecule has 0 saturated carbocycles. The number of hydrogen-bond acceptors (Lipinski definition) is 4. The molecule has 3 heterocycles. The number of fused-ring (bicyclic) bond motifs is 4. The molecule has 190 valence electrons. The normalized spacial score (nSPS) is 29.9. The fourth-order valence-corrected chi connectivity index (χ4v) is 6.31. The Kier molecular flexibility index (Phi) is 5.85. The fourth-order valence-electron chi connectivity index (χ4n) is 6.31. The highest BCUT2D eigenvalue weighted by Gasteiger charge is 2.55. The zero-order valence-corrected chi connectivity index (χ0v) is 21.0. The Hall–Kier alpha value is -1.96. The topological polar surface area (TPSA) is 51.6 Å². The second-order valence-corrected chi connectivity index (χ2v) is 11.6. The molecule has 1 fully saturated rings. The van der Waals surface area contributed by atoms with Crippen molar-refractivity contribution in [1.82, 2.24) is 4.98 Å². The van der Waals surface area contributed by atoms with Crippen LogP contribution >= 0.6 is 0 Å². The van der Waals surface area contributed by atoms with E-state index in [1.165, 1.54) is 12.1 Å². The highest BCUT2D eigenvalue weighted by atomic mass is 19.4. The molecule has 2 aliphatic heterocycles. The van der Waals surface area contributed by atoms with Crippen molar-refractivity contribution >= 4 is 0 Å². The summed E-state index contributed by atoms with van der Waals surface area (Å²) in [4.78, 5) is 5.11. The standard InChI is InChI=1S/C28H34F3NO3/c1-15(2)24-22-23(21-19(32-24)12-26(4,5)13-20(21)33)27(10-11-34-14-16(27)3)35-25(22)17-6-8-18(9-7-17)28(29,30)31/h6-9,15-16,20,25,33H,10-14H2,1-5H3. The van der Waals surface area contributed by atoms with Crippen LogP contribution in [0.4, 0.5) is 13.2 Å². The van der Waals surface area contributed by atoms with Gasteiger partial charge in [0.25, 0.3) is 0 Å². The Labute approximate surface area is 204 Å². The van der Waals surface area contributed by atoms with Gasteiger partial charge in [0.1, 0.15) is 11.7 Å². The largest absolute Gasteiger partial charge is 0.416 e. The van der Waals surface area contributed by atoms with Crippen molar-refractivity contribution < 1.29 is 27.8 Å². The number of aliphatic hydroxyl groups is 1. The molecule has 4 nitrogen and oxygen atoms in total. The monoisotopic (exact) mass is 489 g/mol. The molecule has 5 rings (SSSR count). The van der Waals surface area contributed by atoms with Gasteiger partial charge in [-0.3, -0.25) is 4.98 Å². The zero-order valence-electron chi connectivity index (χ0n) is 21.0. The van der Waals surface area contributed by atoms with Crippen LogP contribution in [0.1, 0.15) is 105 Å². The van der Waals surface area contributed by atoms with Gasteiger partial charge in [-0.15, -0.1) is 0 Å². The van der Waals surface area contributed by atoms with Gasteiger partial charge in [-0.05, 0) is 47.4 Å². The summed E-state index contributed by atoms with van der Waals surface area (Å²) in [7, 11) is 0. The molecule has 1 aromatic heterocycles. The Bertz CT molecular complexity index is 1130. The van der Waals surface area contributed by atoms with E-state index >= 15 is 0 Å². The molecule has 0 bridgehead atoms. The summed E-state index contributed by atoms with van der Waals surface area (Å²) in [5, 5.41) is 11.4. The lowest BCUT2D eigenvalue weighted by Gasteiger charge is -2.43. The molecule has 1 aliphatic carbocycles. The first kappa shape index (κ1) is 24.7. The molecular weight excluding hydrogens is 455 g/mol. The van der Waals surface area contributed by atoms with E-state index < -0.39 is 29.5 Å². The van der Waals surface area contributed by atoms with Gasteiger partial charge >= 0.3 is 6.18 Å². The first-order valence-corrected chi connectivity index (χ1v) is 12.5. The second-order valence-electron chi connectivity index (χ2n) is 11.6. The van der Waals surface area contributed by atoms with Gasteiger partial charge in [-0.1, -0.05) is 46.8 Å². The van der Waals surface area contributed by atoms with Crippen LogP contribution in [0, 0.1) is 11.3 Å². The number of halogens is 3. The SMILES string of the molecule is CC(C)c1nc2c(c3c1C(c1ccc(C(F)(F)F)cc1)OC31CCOCC1C)C(O)CC(C)(C)C2. The van der Waals surface area contributed by atoms with Gasteiger partial charge in [-0.2, -0.15) is 13.2 Å². The number of aromatic nitrogens is 1. The lowest BCUT2D eigenvalue weighted by Crippen LogP contribution is -2.43. The van der Waals surface area contributed by atoms with Crippen LogP contribution < -0.4 is 0 Å². The van der Waals surface area contributed by atoms with Gasteiger partial charge in [0.2, 0.25) is 0 Å². The van der Waals surface area contributed by atoms with Crippen molar-refractivity contribution in [3.63, 3.8) is 0 Å². The molecule has 1 spiro atoms. The van der Waals surface area contributed by atoms with Crippen molar-refractivity contribution in [2.24, 2.45) is 11.3 Å². The van der Waals surface area contributed by atoms with Crippen molar-refractivity contribution in [1.29, 1.82) is 0 Å². The number of pyridine rings is 1. The summed E-state index contributed by atoms with van der Waals surface area (Å²) in [6.07, 6.45) is -3.60. The molecule has 7 heteroatoms. The average molecular weight is 490 g/mol. The quantitative estimate of drug-likeness (QED) is 0.516. The van der Waals surface area contributed by atoms with Crippen LogP contribution in [-0.2, 0) is 27.7 Å². The van der Waals surface area contributed by atoms with E-state index in [4.69, 9.17) is 14.5 Å². The van der Waals surface area contributed by atoms with E-state index in [-0.39, 0.29) is 17.3 Å². The van der Waals surface area contributed by atoms with Gasteiger partial charge in [0.05, 0.1) is 18.3 Å². The third kappa shape index (κ3) is 4.00. The van der Waals surface area contributed by atoms with Gasteiger partial charge in [0, 0.05) is 41.5 Å². The first-order valence-electron chi connectivity index (χ1n) is 12.5. The molecule has 3 aliphatic rings. The lowest BCUT2D eigenvalue weighted by atomic mass is 9.68. The molecule has 2 aromatic rings. The molecule has 4 atom stereocenters. The first-order chi connectivity index (χ1) is 16.3. The molecule has 1 saturated heterocycles. The van der Waals surface area contributed by atoms with Crippen molar-refractivity contribution in [2.45, 2.75) is 83.8 Å². The van der Waals surface area contributed by atoms with Crippen molar-refractivity contribution in [3.05, 3.63) is 63.5 Å². The molecular formula is C28H34F3NO3. The highest BCUT2D eigenvalue weighted by molar-refractivity contribution is 5.54. The smallest absolute Gasteiger partial charge is 0.388 e. The second kappa shape index (κ2) is 8.29. The predicted molar refractivity (Wildman–Crippen MR) is 126 cm³/mol. The predicted octanol–water partition coefficient (Wildman–Crippen LogP) is 6.60. The number of ether oxygens (including phenoxy) is 2. The van der Waals surface area contributed by atoms with E-state index in [0.717, 1.165) is 46.6 Å². The number of benzene rings is 1. The summed E-state index contributed by atoms with van der Waals surface area (Å²) < 4.78 is 52.5. The van der Waals surface area contributed by atoms with Crippen molar-refractivity contribution in [2.75, 3.05) is 13.2 Å². The molecule has 1 aromatic carbocycles.